The molecule has 0 aliphatic carbocycles. The van der Waals surface area contributed by atoms with Crippen molar-refractivity contribution in [2.24, 2.45) is 0 Å². The molecule has 0 bridgehead atoms. The maximum absolute atomic E-state index is 13.1. The molecule has 0 aliphatic rings. The number of anilines is 1. The predicted molar refractivity (Wildman–Crippen MR) is 119 cm³/mol. The molecule has 1 unspecified atom stereocenters. The Hall–Kier alpha value is -2.98. The first kappa shape index (κ1) is 20.3. The first-order valence-electron chi connectivity index (χ1n) is 9.56. The molecular formula is C20H20N6O2S2. The Morgan fingerprint density at radius 1 is 1.13 bits per heavy atom. The maximum Gasteiger partial charge on any atom is 0.279 e. The highest BCUT2D eigenvalue weighted by Crippen LogP contribution is 2.30. The van der Waals surface area contributed by atoms with Crippen molar-refractivity contribution in [3.8, 4) is 10.4 Å². The topological polar surface area (TPSA) is 103 Å². The van der Waals surface area contributed by atoms with Gasteiger partial charge < -0.3 is 0 Å². The molecule has 154 valence electrons. The molecule has 4 aromatic rings. The van der Waals surface area contributed by atoms with Crippen LogP contribution in [0.3, 0.4) is 0 Å². The SMILES string of the molecule is CCC(C(=O)Nc1nnc(C(C)C)s1)n1nnc2sc(-c3ccccc3)cc2c1=O. The molecule has 8 nitrogen and oxygen atoms in total. The fourth-order valence-electron chi connectivity index (χ4n) is 2.99. The Labute approximate surface area is 180 Å². The summed E-state index contributed by atoms with van der Waals surface area (Å²) in [6.07, 6.45) is 0.386. The van der Waals surface area contributed by atoms with Gasteiger partial charge in [0.1, 0.15) is 11.0 Å². The lowest BCUT2D eigenvalue weighted by Gasteiger charge is -2.14. The largest absolute Gasteiger partial charge is 0.299 e. The van der Waals surface area contributed by atoms with Crippen LogP contribution in [0.5, 0.6) is 0 Å². The molecule has 3 heterocycles. The second kappa shape index (κ2) is 8.41. The highest BCUT2D eigenvalue weighted by Gasteiger charge is 2.24. The van der Waals surface area contributed by atoms with E-state index in [4.69, 9.17) is 0 Å². The zero-order valence-electron chi connectivity index (χ0n) is 16.7. The number of carbonyl (C=O) groups excluding carboxylic acids is 1. The third kappa shape index (κ3) is 3.88. The number of aromatic nitrogens is 5. The van der Waals surface area contributed by atoms with Crippen LogP contribution in [0, 0.1) is 0 Å². The summed E-state index contributed by atoms with van der Waals surface area (Å²) in [6, 6.07) is 10.8. The molecule has 30 heavy (non-hydrogen) atoms. The van der Waals surface area contributed by atoms with E-state index >= 15 is 0 Å². The molecule has 0 saturated carbocycles. The quantitative estimate of drug-likeness (QED) is 0.484. The minimum Gasteiger partial charge on any atom is -0.299 e. The van der Waals surface area contributed by atoms with Crippen LogP contribution in [-0.2, 0) is 4.79 Å². The number of hydrogen-bond acceptors (Lipinski definition) is 8. The van der Waals surface area contributed by atoms with Gasteiger partial charge in [-0.2, -0.15) is 4.68 Å². The first-order valence-corrected chi connectivity index (χ1v) is 11.2. The zero-order chi connectivity index (χ0) is 21.3. The van der Waals surface area contributed by atoms with Gasteiger partial charge in [-0.1, -0.05) is 67.7 Å². The van der Waals surface area contributed by atoms with E-state index < -0.39 is 6.04 Å². The van der Waals surface area contributed by atoms with Gasteiger partial charge in [0.15, 0.2) is 4.83 Å². The second-order valence-electron chi connectivity index (χ2n) is 7.05. The highest BCUT2D eigenvalue weighted by molar-refractivity contribution is 7.21. The van der Waals surface area contributed by atoms with Crippen molar-refractivity contribution < 1.29 is 4.79 Å². The molecule has 0 fully saturated rings. The number of carbonyl (C=O) groups is 1. The molecule has 1 amide bonds. The molecular weight excluding hydrogens is 420 g/mol. The standard InChI is InChI=1S/C20H20N6O2S2/c1-4-14(16(27)21-20-24-22-17(30-20)11(2)3)26-19(28)13-10-15(29-18(13)23-25-26)12-8-6-5-7-9-12/h5-11,14H,4H2,1-3H3,(H,21,24,27). The van der Waals surface area contributed by atoms with Crippen LogP contribution >= 0.6 is 22.7 Å². The van der Waals surface area contributed by atoms with Gasteiger partial charge in [-0.05, 0) is 18.1 Å². The van der Waals surface area contributed by atoms with Crippen molar-refractivity contribution in [2.75, 3.05) is 5.32 Å². The fourth-order valence-corrected chi connectivity index (χ4v) is 4.71. The van der Waals surface area contributed by atoms with Crippen LogP contribution in [0.1, 0.15) is 44.2 Å². The average Bonchev–Trinajstić information content (AvgIpc) is 3.38. The lowest BCUT2D eigenvalue weighted by Crippen LogP contribution is -2.35. The summed E-state index contributed by atoms with van der Waals surface area (Å²) in [7, 11) is 0. The first-order chi connectivity index (χ1) is 14.5. The Kier molecular flexibility index (Phi) is 5.69. The van der Waals surface area contributed by atoms with E-state index in [1.807, 2.05) is 57.2 Å². The molecule has 1 atom stereocenters. The molecule has 10 heteroatoms. The van der Waals surface area contributed by atoms with Gasteiger partial charge >= 0.3 is 0 Å². The smallest absolute Gasteiger partial charge is 0.279 e. The molecule has 0 aliphatic heterocycles. The predicted octanol–water partition coefficient (Wildman–Crippen LogP) is 4.08. The minimum absolute atomic E-state index is 0.225. The molecule has 0 spiro atoms. The normalized spacial score (nSPS) is 12.4. The Bertz CT molecular complexity index is 1250. The van der Waals surface area contributed by atoms with Crippen LogP contribution < -0.4 is 10.9 Å². The number of benzene rings is 1. The van der Waals surface area contributed by atoms with Gasteiger partial charge in [0.2, 0.25) is 5.13 Å². The van der Waals surface area contributed by atoms with Crippen LogP contribution in [0.15, 0.2) is 41.2 Å². The number of nitrogens with one attached hydrogen (secondary N) is 1. The van der Waals surface area contributed by atoms with Gasteiger partial charge in [0.05, 0.1) is 5.39 Å². The lowest BCUT2D eigenvalue weighted by atomic mass is 10.2. The number of rotatable bonds is 6. The molecule has 1 N–H and O–H groups in total. The van der Waals surface area contributed by atoms with E-state index in [2.05, 4.69) is 25.8 Å². The van der Waals surface area contributed by atoms with Gasteiger partial charge in [0, 0.05) is 10.8 Å². The van der Waals surface area contributed by atoms with Gasteiger partial charge in [-0.3, -0.25) is 14.9 Å². The third-order valence-electron chi connectivity index (χ3n) is 4.59. The van der Waals surface area contributed by atoms with Gasteiger partial charge in [-0.15, -0.1) is 26.6 Å². The van der Waals surface area contributed by atoms with Crippen LogP contribution in [0.4, 0.5) is 5.13 Å². The number of thiophene rings is 1. The van der Waals surface area contributed by atoms with E-state index in [-0.39, 0.29) is 17.4 Å². The molecule has 0 radical (unpaired) electrons. The number of nitrogens with zero attached hydrogens (tertiary/aromatic N) is 5. The van der Waals surface area contributed by atoms with Crippen molar-refractivity contribution in [1.29, 1.82) is 0 Å². The van der Waals surface area contributed by atoms with Crippen molar-refractivity contribution in [2.45, 2.75) is 39.2 Å². The Morgan fingerprint density at radius 3 is 2.57 bits per heavy atom. The molecule has 0 saturated heterocycles. The average molecular weight is 441 g/mol. The molecule has 4 rings (SSSR count). The zero-order valence-corrected chi connectivity index (χ0v) is 18.3. The number of fused-ring (bicyclic) bond motifs is 1. The molecule has 3 aromatic heterocycles. The van der Waals surface area contributed by atoms with E-state index in [0.717, 1.165) is 20.1 Å². The second-order valence-corrected chi connectivity index (χ2v) is 9.09. The monoisotopic (exact) mass is 440 g/mol. The summed E-state index contributed by atoms with van der Waals surface area (Å²) in [5, 5.41) is 20.8. The minimum atomic E-state index is -0.791. The summed E-state index contributed by atoms with van der Waals surface area (Å²) in [5.41, 5.74) is 0.675. The number of amides is 1. The third-order valence-corrected chi connectivity index (χ3v) is 6.80. The number of hydrogen-bond donors (Lipinski definition) is 1. The summed E-state index contributed by atoms with van der Waals surface area (Å²) in [6.45, 7) is 5.84. The summed E-state index contributed by atoms with van der Waals surface area (Å²) in [5.74, 6) is -0.137. The van der Waals surface area contributed by atoms with E-state index in [1.54, 1.807) is 0 Å². The van der Waals surface area contributed by atoms with E-state index in [9.17, 15) is 9.59 Å². The summed E-state index contributed by atoms with van der Waals surface area (Å²) in [4.78, 5) is 27.4. The highest BCUT2D eigenvalue weighted by atomic mass is 32.1. The van der Waals surface area contributed by atoms with E-state index in [0.29, 0.717) is 21.8 Å². The molecule has 1 aromatic carbocycles. The van der Waals surface area contributed by atoms with Crippen molar-refractivity contribution in [3.05, 3.63) is 51.8 Å². The fraction of sp³-hybridized carbons (Fsp3) is 0.300. The van der Waals surface area contributed by atoms with Crippen LogP contribution in [-0.4, -0.2) is 31.1 Å². The van der Waals surface area contributed by atoms with Gasteiger partial charge in [0.25, 0.3) is 11.5 Å². The summed E-state index contributed by atoms with van der Waals surface area (Å²) >= 11 is 2.73. The maximum atomic E-state index is 13.1. The van der Waals surface area contributed by atoms with Crippen LogP contribution in [0.2, 0.25) is 0 Å². The van der Waals surface area contributed by atoms with Crippen molar-refractivity contribution in [1.82, 2.24) is 25.2 Å². The lowest BCUT2D eigenvalue weighted by molar-refractivity contribution is -0.119. The Morgan fingerprint density at radius 2 is 1.90 bits per heavy atom. The van der Waals surface area contributed by atoms with Gasteiger partial charge in [-0.25, -0.2) is 0 Å². The van der Waals surface area contributed by atoms with E-state index in [1.165, 1.54) is 22.7 Å². The Balaban J connectivity index is 1.65. The van der Waals surface area contributed by atoms with Crippen LogP contribution in [0.25, 0.3) is 20.7 Å². The van der Waals surface area contributed by atoms with Crippen molar-refractivity contribution >= 4 is 43.9 Å². The van der Waals surface area contributed by atoms with Crippen molar-refractivity contribution in [3.63, 3.8) is 0 Å². The summed E-state index contributed by atoms with van der Waals surface area (Å²) < 4.78 is 1.16.